The van der Waals surface area contributed by atoms with Gasteiger partial charge < -0.3 is 4.90 Å². The van der Waals surface area contributed by atoms with Gasteiger partial charge >= 0.3 is 0 Å². The van der Waals surface area contributed by atoms with Gasteiger partial charge in [-0.05, 0) is 79.5 Å². The Labute approximate surface area is 179 Å². The van der Waals surface area contributed by atoms with Gasteiger partial charge in [-0.3, -0.25) is 0 Å². The van der Waals surface area contributed by atoms with E-state index in [-0.39, 0.29) is 0 Å². The minimum Gasteiger partial charge on any atom is -0.329 e. The second-order valence-electron chi connectivity index (χ2n) is 8.50. The number of hydrogen-bond acceptors (Lipinski definition) is 2. The second-order valence-corrected chi connectivity index (χ2v) is 8.50. The van der Waals surface area contributed by atoms with Crippen LogP contribution in [0.4, 0.5) is 5.82 Å². The SMILES string of the molecule is Cc1ccc(/C=C(/C2=C(N3CCc4cccnc43)CCC2)c2ccc(C)cc2)cc1. The van der Waals surface area contributed by atoms with Crippen molar-refractivity contribution in [1.82, 2.24) is 4.98 Å². The summed E-state index contributed by atoms with van der Waals surface area (Å²) in [5, 5.41) is 0. The highest BCUT2D eigenvalue weighted by Crippen LogP contribution is 2.42. The number of benzene rings is 2. The van der Waals surface area contributed by atoms with Gasteiger partial charge in [0.05, 0.1) is 0 Å². The number of nitrogens with zero attached hydrogens (tertiary/aromatic N) is 2. The molecule has 1 aromatic heterocycles. The summed E-state index contributed by atoms with van der Waals surface area (Å²) >= 11 is 0. The summed E-state index contributed by atoms with van der Waals surface area (Å²) in [5.74, 6) is 1.16. The monoisotopic (exact) mass is 392 g/mol. The van der Waals surface area contributed by atoms with Crippen molar-refractivity contribution in [3.63, 3.8) is 0 Å². The molecule has 2 aliphatic rings. The lowest BCUT2D eigenvalue weighted by atomic mass is 9.93. The number of rotatable bonds is 4. The maximum absolute atomic E-state index is 4.73. The third-order valence-electron chi connectivity index (χ3n) is 6.32. The van der Waals surface area contributed by atoms with Crippen LogP contribution in [0.3, 0.4) is 0 Å². The smallest absolute Gasteiger partial charge is 0.135 e. The molecule has 3 aromatic rings. The first-order chi connectivity index (χ1) is 14.7. The highest BCUT2D eigenvalue weighted by Gasteiger charge is 2.29. The van der Waals surface area contributed by atoms with Gasteiger partial charge in [-0.2, -0.15) is 0 Å². The molecule has 0 saturated carbocycles. The van der Waals surface area contributed by atoms with Gasteiger partial charge in [-0.1, -0.05) is 65.7 Å². The Morgan fingerprint density at radius 2 is 1.60 bits per heavy atom. The minimum absolute atomic E-state index is 1.04. The molecule has 0 spiro atoms. The molecule has 1 aliphatic carbocycles. The molecule has 2 heteroatoms. The van der Waals surface area contributed by atoms with Gasteiger partial charge in [0.2, 0.25) is 0 Å². The van der Waals surface area contributed by atoms with Crippen LogP contribution < -0.4 is 4.90 Å². The molecule has 0 N–H and O–H groups in total. The molecule has 1 aliphatic heterocycles. The van der Waals surface area contributed by atoms with Crippen molar-refractivity contribution in [3.05, 3.63) is 106 Å². The van der Waals surface area contributed by atoms with Crippen molar-refractivity contribution >= 4 is 17.5 Å². The third-order valence-corrected chi connectivity index (χ3v) is 6.32. The van der Waals surface area contributed by atoms with Crippen molar-refractivity contribution in [2.75, 3.05) is 11.4 Å². The lowest BCUT2D eigenvalue weighted by Gasteiger charge is -2.23. The van der Waals surface area contributed by atoms with Crippen LogP contribution >= 0.6 is 0 Å². The van der Waals surface area contributed by atoms with Gasteiger partial charge in [0.15, 0.2) is 0 Å². The van der Waals surface area contributed by atoms with Crippen LogP contribution in [0, 0.1) is 13.8 Å². The summed E-state index contributed by atoms with van der Waals surface area (Å²) in [6.45, 7) is 5.33. The van der Waals surface area contributed by atoms with Crippen LogP contribution in [-0.2, 0) is 6.42 Å². The lowest BCUT2D eigenvalue weighted by molar-refractivity contribution is 0.846. The van der Waals surface area contributed by atoms with Crippen LogP contribution in [0.1, 0.15) is 47.1 Å². The molecule has 150 valence electrons. The van der Waals surface area contributed by atoms with Crippen molar-refractivity contribution in [3.8, 4) is 0 Å². The quantitative estimate of drug-likeness (QED) is 0.457. The van der Waals surface area contributed by atoms with E-state index >= 15 is 0 Å². The van der Waals surface area contributed by atoms with E-state index in [9.17, 15) is 0 Å². The Balaban J connectivity index is 1.64. The Bertz CT molecular complexity index is 1120. The van der Waals surface area contributed by atoms with Crippen molar-refractivity contribution in [2.45, 2.75) is 39.5 Å². The second kappa shape index (κ2) is 7.95. The summed E-state index contributed by atoms with van der Waals surface area (Å²) < 4.78 is 0. The van der Waals surface area contributed by atoms with Crippen LogP contribution in [0.25, 0.3) is 11.6 Å². The van der Waals surface area contributed by atoms with E-state index < -0.39 is 0 Å². The lowest BCUT2D eigenvalue weighted by Crippen LogP contribution is -2.20. The van der Waals surface area contributed by atoms with Gasteiger partial charge in [-0.15, -0.1) is 0 Å². The predicted molar refractivity (Wildman–Crippen MR) is 126 cm³/mol. The average molecular weight is 393 g/mol. The number of allylic oxidation sites excluding steroid dienone is 3. The summed E-state index contributed by atoms with van der Waals surface area (Å²) in [6.07, 6.45) is 8.85. The summed E-state index contributed by atoms with van der Waals surface area (Å²) in [6, 6.07) is 22.1. The van der Waals surface area contributed by atoms with Gasteiger partial charge in [0.25, 0.3) is 0 Å². The topological polar surface area (TPSA) is 16.1 Å². The standard InChI is InChI=1S/C28H28N2/c1-20-8-12-22(13-9-20)19-26(23-14-10-21(2)11-15-23)25-6-3-7-27(25)30-18-16-24-5-4-17-29-28(24)30/h4-5,8-15,17,19H,3,6-7,16,18H2,1-2H3/b26-19+. The molecular formula is C28H28N2. The summed E-state index contributed by atoms with van der Waals surface area (Å²) in [7, 11) is 0. The normalized spacial score (nSPS) is 16.3. The maximum Gasteiger partial charge on any atom is 0.135 e. The molecule has 30 heavy (non-hydrogen) atoms. The number of aryl methyl sites for hydroxylation is 2. The molecule has 0 bridgehead atoms. The first-order valence-electron chi connectivity index (χ1n) is 11.0. The Morgan fingerprint density at radius 1 is 0.867 bits per heavy atom. The molecule has 2 nitrogen and oxygen atoms in total. The van der Waals surface area contributed by atoms with E-state index in [0.29, 0.717) is 0 Å². The van der Waals surface area contributed by atoms with E-state index in [4.69, 9.17) is 4.98 Å². The molecule has 5 rings (SSSR count). The molecule has 0 saturated heterocycles. The molecule has 2 heterocycles. The zero-order valence-electron chi connectivity index (χ0n) is 17.9. The third kappa shape index (κ3) is 3.59. The number of pyridine rings is 1. The Morgan fingerprint density at radius 3 is 2.37 bits per heavy atom. The fourth-order valence-electron chi connectivity index (χ4n) is 4.69. The number of fused-ring (bicyclic) bond motifs is 1. The van der Waals surface area contributed by atoms with Gasteiger partial charge in [-0.25, -0.2) is 4.98 Å². The van der Waals surface area contributed by atoms with E-state index in [0.717, 1.165) is 31.6 Å². The number of hydrogen-bond donors (Lipinski definition) is 0. The van der Waals surface area contributed by atoms with Crippen LogP contribution in [-0.4, -0.2) is 11.5 Å². The van der Waals surface area contributed by atoms with E-state index in [1.54, 1.807) is 0 Å². The maximum atomic E-state index is 4.73. The number of aromatic nitrogens is 1. The highest BCUT2D eigenvalue weighted by molar-refractivity contribution is 5.92. The fraction of sp³-hybridized carbons (Fsp3) is 0.250. The molecule has 0 amide bonds. The van der Waals surface area contributed by atoms with Crippen molar-refractivity contribution in [2.24, 2.45) is 0 Å². The zero-order chi connectivity index (χ0) is 20.5. The summed E-state index contributed by atoms with van der Waals surface area (Å²) in [5.41, 5.74) is 10.8. The largest absolute Gasteiger partial charge is 0.329 e. The predicted octanol–water partition coefficient (Wildman–Crippen LogP) is 6.74. The van der Waals surface area contributed by atoms with Crippen LogP contribution in [0.5, 0.6) is 0 Å². The molecule has 2 aromatic carbocycles. The van der Waals surface area contributed by atoms with Crippen LogP contribution in [0.2, 0.25) is 0 Å². The van der Waals surface area contributed by atoms with Gasteiger partial charge in [0, 0.05) is 18.4 Å². The van der Waals surface area contributed by atoms with E-state index in [1.165, 1.54) is 51.1 Å². The average Bonchev–Trinajstić information content (AvgIpc) is 3.41. The molecule has 0 fully saturated rings. The minimum atomic E-state index is 1.04. The molecular weight excluding hydrogens is 364 g/mol. The molecule has 0 radical (unpaired) electrons. The fourth-order valence-corrected chi connectivity index (χ4v) is 4.69. The first kappa shape index (κ1) is 18.9. The molecule has 0 atom stereocenters. The first-order valence-corrected chi connectivity index (χ1v) is 11.0. The zero-order valence-corrected chi connectivity index (χ0v) is 17.9. The van der Waals surface area contributed by atoms with E-state index in [1.807, 2.05) is 6.20 Å². The summed E-state index contributed by atoms with van der Waals surface area (Å²) in [4.78, 5) is 7.21. The highest BCUT2D eigenvalue weighted by atomic mass is 15.2. The Hall–Kier alpha value is -3.13. The molecule has 0 unspecified atom stereocenters. The Kier molecular flexibility index (Phi) is 5.00. The van der Waals surface area contributed by atoms with E-state index in [2.05, 4.69) is 85.5 Å². The van der Waals surface area contributed by atoms with Crippen molar-refractivity contribution in [1.29, 1.82) is 0 Å². The number of anilines is 1. The van der Waals surface area contributed by atoms with Crippen LogP contribution in [0.15, 0.2) is 78.1 Å². The van der Waals surface area contributed by atoms with Gasteiger partial charge in [0.1, 0.15) is 5.82 Å². The van der Waals surface area contributed by atoms with Crippen molar-refractivity contribution < 1.29 is 0 Å².